The SMILES string of the molecule is CCSc1c(N)nc2ccc(Cl)cn12. The van der Waals surface area contributed by atoms with Crippen LogP contribution in [0, 0.1) is 0 Å². The van der Waals surface area contributed by atoms with Gasteiger partial charge in [-0.2, -0.15) is 0 Å². The number of imidazole rings is 1. The molecule has 2 aromatic heterocycles. The average Bonchev–Trinajstić information content (AvgIpc) is 2.45. The summed E-state index contributed by atoms with van der Waals surface area (Å²) in [6, 6.07) is 3.67. The molecule has 14 heavy (non-hydrogen) atoms. The van der Waals surface area contributed by atoms with E-state index in [1.54, 1.807) is 11.8 Å². The van der Waals surface area contributed by atoms with Crippen molar-refractivity contribution in [3.05, 3.63) is 23.4 Å². The fourth-order valence-corrected chi connectivity index (χ4v) is 2.21. The van der Waals surface area contributed by atoms with E-state index < -0.39 is 0 Å². The normalized spacial score (nSPS) is 11.0. The van der Waals surface area contributed by atoms with Gasteiger partial charge < -0.3 is 5.73 Å². The molecule has 0 amide bonds. The number of aromatic nitrogens is 2. The third kappa shape index (κ3) is 1.55. The van der Waals surface area contributed by atoms with Crippen LogP contribution in [0.5, 0.6) is 0 Å². The van der Waals surface area contributed by atoms with Crippen molar-refractivity contribution in [2.24, 2.45) is 0 Å². The predicted octanol–water partition coefficient (Wildman–Crippen LogP) is 2.68. The fourth-order valence-electron chi connectivity index (χ4n) is 1.30. The number of nitrogen functional groups attached to an aromatic ring is 1. The van der Waals surface area contributed by atoms with E-state index in [0.29, 0.717) is 10.8 Å². The Hall–Kier alpha value is -0.870. The summed E-state index contributed by atoms with van der Waals surface area (Å²) < 4.78 is 1.92. The van der Waals surface area contributed by atoms with E-state index in [4.69, 9.17) is 17.3 Å². The van der Waals surface area contributed by atoms with Crippen LogP contribution in [0.4, 0.5) is 5.82 Å². The number of anilines is 1. The first-order valence-electron chi connectivity index (χ1n) is 4.28. The Kier molecular flexibility index (Phi) is 2.56. The summed E-state index contributed by atoms with van der Waals surface area (Å²) in [4.78, 5) is 4.23. The molecule has 0 aliphatic carbocycles. The molecule has 5 heteroatoms. The largest absolute Gasteiger partial charge is 0.381 e. The average molecular weight is 228 g/mol. The minimum absolute atomic E-state index is 0.569. The van der Waals surface area contributed by atoms with Crippen molar-refractivity contribution in [2.45, 2.75) is 11.9 Å². The molecule has 0 aromatic carbocycles. The van der Waals surface area contributed by atoms with Gasteiger partial charge in [-0.1, -0.05) is 18.5 Å². The molecule has 2 aromatic rings. The van der Waals surface area contributed by atoms with Gasteiger partial charge >= 0.3 is 0 Å². The first kappa shape index (κ1) is 9.68. The Morgan fingerprint density at radius 3 is 3.07 bits per heavy atom. The zero-order valence-electron chi connectivity index (χ0n) is 7.70. The summed E-state index contributed by atoms with van der Waals surface area (Å²) in [6.07, 6.45) is 1.83. The molecule has 0 radical (unpaired) electrons. The number of thioether (sulfide) groups is 1. The smallest absolute Gasteiger partial charge is 0.156 e. The minimum atomic E-state index is 0.569. The second kappa shape index (κ2) is 3.71. The number of halogens is 1. The summed E-state index contributed by atoms with van der Waals surface area (Å²) in [5, 5.41) is 1.65. The lowest BCUT2D eigenvalue weighted by Crippen LogP contribution is -1.89. The number of rotatable bonds is 2. The van der Waals surface area contributed by atoms with Gasteiger partial charge in [-0.05, 0) is 17.9 Å². The van der Waals surface area contributed by atoms with Crippen molar-refractivity contribution < 1.29 is 0 Å². The number of pyridine rings is 1. The maximum atomic E-state index is 5.90. The highest BCUT2D eigenvalue weighted by molar-refractivity contribution is 7.99. The van der Waals surface area contributed by atoms with E-state index in [2.05, 4.69) is 11.9 Å². The number of hydrogen-bond donors (Lipinski definition) is 1. The van der Waals surface area contributed by atoms with E-state index in [-0.39, 0.29) is 0 Å². The first-order valence-corrected chi connectivity index (χ1v) is 5.64. The van der Waals surface area contributed by atoms with Crippen molar-refractivity contribution >= 4 is 34.8 Å². The maximum Gasteiger partial charge on any atom is 0.156 e. The van der Waals surface area contributed by atoms with Crippen LogP contribution >= 0.6 is 23.4 Å². The Bertz CT molecular complexity index is 466. The molecule has 0 saturated heterocycles. The van der Waals surface area contributed by atoms with Crippen molar-refractivity contribution in [1.29, 1.82) is 0 Å². The molecule has 3 nitrogen and oxygen atoms in total. The topological polar surface area (TPSA) is 43.3 Å². The summed E-state index contributed by atoms with van der Waals surface area (Å²) in [5.41, 5.74) is 6.63. The van der Waals surface area contributed by atoms with Gasteiger partial charge in [0.1, 0.15) is 10.7 Å². The van der Waals surface area contributed by atoms with Gasteiger partial charge in [0.2, 0.25) is 0 Å². The molecule has 0 saturated carbocycles. The Morgan fingerprint density at radius 2 is 2.36 bits per heavy atom. The van der Waals surface area contributed by atoms with Crippen LogP contribution in [-0.4, -0.2) is 15.1 Å². The molecule has 74 valence electrons. The summed E-state index contributed by atoms with van der Waals surface area (Å²) >= 11 is 7.56. The lowest BCUT2D eigenvalue weighted by atomic mass is 10.5. The molecule has 0 spiro atoms. The lowest BCUT2D eigenvalue weighted by Gasteiger charge is -1.99. The van der Waals surface area contributed by atoms with E-state index in [9.17, 15) is 0 Å². The van der Waals surface area contributed by atoms with Crippen LogP contribution in [-0.2, 0) is 0 Å². The molecular weight excluding hydrogens is 218 g/mol. The highest BCUT2D eigenvalue weighted by Crippen LogP contribution is 2.26. The zero-order chi connectivity index (χ0) is 10.1. The van der Waals surface area contributed by atoms with Gasteiger partial charge in [0.25, 0.3) is 0 Å². The standard InChI is InChI=1S/C9H10ClN3S/c1-2-14-9-8(11)12-7-4-3-6(10)5-13(7)9/h3-5H,2,11H2,1H3. The van der Waals surface area contributed by atoms with Crippen molar-refractivity contribution in [2.75, 3.05) is 11.5 Å². The van der Waals surface area contributed by atoms with Crippen molar-refractivity contribution in [1.82, 2.24) is 9.38 Å². The highest BCUT2D eigenvalue weighted by Gasteiger charge is 2.08. The molecule has 0 unspecified atom stereocenters. The fraction of sp³-hybridized carbons (Fsp3) is 0.222. The molecule has 0 atom stereocenters. The van der Waals surface area contributed by atoms with Crippen LogP contribution in [0.25, 0.3) is 5.65 Å². The maximum absolute atomic E-state index is 5.90. The van der Waals surface area contributed by atoms with Crippen LogP contribution in [0.1, 0.15) is 6.92 Å². The predicted molar refractivity (Wildman–Crippen MR) is 61.0 cm³/mol. The Labute approximate surface area is 91.3 Å². The molecule has 2 rings (SSSR count). The third-order valence-corrected chi connectivity index (χ3v) is 3.04. The van der Waals surface area contributed by atoms with Gasteiger partial charge in [-0.15, -0.1) is 11.8 Å². The molecule has 0 aliphatic heterocycles. The van der Waals surface area contributed by atoms with Gasteiger partial charge in [0, 0.05) is 6.20 Å². The molecule has 0 bridgehead atoms. The highest BCUT2D eigenvalue weighted by atomic mass is 35.5. The van der Waals surface area contributed by atoms with E-state index in [0.717, 1.165) is 16.4 Å². The van der Waals surface area contributed by atoms with Crippen LogP contribution in [0.2, 0.25) is 5.02 Å². The van der Waals surface area contributed by atoms with Crippen molar-refractivity contribution in [3.8, 4) is 0 Å². The van der Waals surface area contributed by atoms with Crippen LogP contribution in [0.15, 0.2) is 23.4 Å². The van der Waals surface area contributed by atoms with E-state index in [1.807, 2.05) is 22.7 Å². The number of hydrogen-bond acceptors (Lipinski definition) is 3. The zero-order valence-corrected chi connectivity index (χ0v) is 9.27. The second-order valence-corrected chi connectivity index (χ2v) is 4.50. The summed E-state index contributed by atoms with van der Waals surface area (Å²) in [6.45, 7) is 2.08. The Morgan fingerprint density at radius 1 is 1.57 bits per heavy atom. The monoisotopic (exact) mass is 227 g/mol. The van der Waals surface area contributed by atoms with E-state index >= 15 is 0 Å². The summed E-state index contributed by atoms with van der Waals surface area (Å²) in [7, 11) is 0. The van der Waals surface area contributed by atoms with Gasteiger partial charge in [-0.3, -0.25) is 4.40 Å². The van der Waals surface area contributed by atoms with Crippen LogP contribution in [0.3, 0.4) is 0 Å². The van der Waals surface area contributed by atoms with Crippen molar-refractivity contribution in [3.63, 3.8) is 0 Å². The van der Waals surface area contributed by atoms with Gasteiger partial charge in [-0.25, -0.2) is 4.98 Å². The van der Waals surface area contributed by atoms with Crippen LogP contribution < -0.4 is 5.73 Å². The quantitative estimate of drug-likeness (QED) is 0.803. The molecule has 2 N–H and O–H groups in total. The molecular formula is C9H10ClN3S. The number of nitrogens with zero attached hydrogens (tertiary/aromatic N) is 2. The third-order valence-electron chi connectivity index (χ3n) is 1.84. The Balaban J connectivity index is 2.66. The first-order chi connectivity index (χ1) is 6.72. The second-order valence-electron chi connectivity index (χ2n) is 2.81. The lowest BCUT2D eigenvalue weighted by molar-refractivity contribution is 1.05. The summed E-state index contributed by atoms with van der Waals surface area (Å²) in [5.74, 6) is 1.53. The minimum Gasteiger partial charge on any atom is -0.381 e. The van der Waals surface area contributed by atoms with E-state index in [1.165, 1.54) is 0 Å². The van der Waals surface area contributed by atoms with Gasteiger partial charge in [0.15, 0.2) is 5.82 Å². The number of fused-ring (bicyclic) bond motifs is 1. The molecule has 0 aliphatic rings. The molecule has 0 fully saturated rings. The number of nitrogens with two attached hydrogens (primary N) is 1. The molecule has 2 heterocycles. The van der Waals surface area contributed by atoms with Gasteiger partial charge in [0.05, 0.1) is 5.02 Å².